The Bertz CT molecular complexity index is 293. The number of aryl methyl sites for hydroxylation is 1. The standard InChI is InChI=1S/C14H22O2S/c15-14(16)11-7-5-3-1-2-4-6-9-13-10-8-12-17-13/h8,10,12H,1-7,9,11H2,(H,15,16). The molecule has 1 aromatic rings. The fourth-order valence-corrected chi connectivity index (χ4v) is 2.67. The Morgan fingerprint density at radius 1 is 1.06 bits per heavy atom. The molecule has 0 aromatic carbocycles. The van der Waals surface area contributed by atoms with Gasteiger partial charge in [-0.25, -0.2) is 0 Å². The van der Waals surface area contributed by atoms with Crippen LogP contribution in [0.25, 0.3) is 0 Å². The lowest BCUT2D eigenvalue weighted by Crippen LogP contribution is -1.93. The number of carboxylic acid groups (broad SMARTS) is 1. The molecule has 0 fully saturated rings. The van der Waals surface area contributed by atoms with Gasteiger partial charge in [0.15, 0.2) is 0 Å². The number of hydrogen-bond acceptors (Lipinski definition) is 2. The third-order valence-electron chi connectivity index (χ3n) is 2.89. The number of hydrogen-bond donors (Lipinski definition) is 1. The highest BCUT2D eigenvalue weighted by molar-refractivity contribution is 7.09. The molecule has 0 aliphatic heterocycles. The van der Waals surface area contributed by atoms with Crippen molar-refractivity contribution in [3.8, 4) is 0 Å². The molecule has 0 radical (unpaired) electrons. The summed E-state index contributed by atoms with van der Waals surface area (Å²) in [5.74, 6) is -0.666. The van der Waals surface area contributed by atoms with Crippen molar-refractivity contribution in [1.29, 1.82) is 0 Å². The van der Waals surface area contributed by atoms with Crippen LogP contribution in [-0.4, -0.2) is 11.1 Å². The highest BCUT2D eigenvalue weighted by Gasteiger charge is 1.97. The zero-order valence-corrected chi connectivity index (χ0v) is 11.2. The maximum absolute atomic E-state index is 10.3. The molecule has 1 rings (SSSR count). The molecule has 0 spiro atoms. The smallest absolute Gasteiger partial charge is 0.303 e. The Hall–Kier alpha value is -0.830. The fraction of sp³-hybridized carbons (Fsp3) is 0.643. The molecule has 0 amide bonds. The van der Waals surface area contributed by atoms with Gasteiger partial charge in [0.2, 0.25) is 0 Å². The molecule has 0 atom stereocenters. The van der Waals surface area contributed by atoms with Crippen molar-refractivity contribution in [2.45, 2.75) is 57.8 Å². The van der Waals surface area contributed by atoms with Gasteiger partial charge in [-0.2, -0.15) is 0 Å². The number of unbranched alkanes of at least 4 members (excludes halogenated alkanes) is 6. The second kappa shape index (κ2) is 9.23. The van der Waals surface area contributed by atoms with Crippen LogP contribution in [0, 0.1) is 0 Å². The summed E-state index contributed by atoms with van der Waals surface area (Å²) in [4.78, 5) is 11.8. The van der Waals surface area contributed by atoms with E-state index in [0.717, 1.165) is 12.8 Å². The summed E-state index contributed by atoms with van der Waals surface area (Å²) < 4.78 is 0. The van der Waals surface area contributed by atoms with E-state index in [4.69, 9.17) is 5.11 Å². The minimum atomic E-state index is -0.666. The van der Waals surface area contributed by atoms with Crippen molar-refractivity contribution in [3.63, 3.8) is 0 Å². The number of thiophene rings is 1. The van der Waals surface area contributed by atoms with E-state index in [9.17, 15) is 4.79 Å². The van der Waals surface area contributed by atoms with Gasteiger partial charge in [0.25, 0.3) is 0 Å². The van der Waals surface area contributed by atoms with Gasteiger partial charge < -0.3 is 5.11 Å². The number of aliphatic carboxylic acids is 1. The van der Waals surface area contributed by atoms with Crippen molar-refractivity contribution in [2.24, 2.45) is 0 Å². The molecule has 17 heavy (non-hydrogen) atoms. The van der Waals surface area contributed by atoms with Crippen LogP contribution < -0.4 is 0 Å². The Kier molecular flexibility index (Phi) is 7.72. The van der Waals surface area contributed by atoms with E-state index in [-0.39, 0.29) is 0 Å². The fourth-order valence-electron chi connectivity index (χ4n) is 1.91. The van der Waals surface area contributed by atoms with Crippen molar-refractivity contribution in [3.05, 3.63) is 22.4 Å². The van der Waals surface area contributed by atoms with E-state index in [1.54, 1.807) is 0 Å². The van der Waals surface area contributed by atoms with Crippen LogP contribution in [-0.2, 0) is 11.2 Å². The summed E-state index contributed by atoms with van der Waals surface area (Å²) in [6.07, 6.45) is 9.78. The molecule has 0 saturated carbocycles. The quantitative estimate of drug-likeness (QED) is 0.624. The van der Waals surface area contributed by atoms with Crippen molar-refractivity contribution in [1.82, 2.24) is 0 Å². The van der Waals surface area contributed by atoms with Gasteiger partial charge >= 0.3 is 5.97 Å². The van der Waals surface area contributed by atoms with Crippen LogP contribution in [0.4, 0.5) is 0 Å². The average molecular weight is 254 g/mol. The molecule has 96 valence electrons. The molecule has 0 bridgehead atoms. The first-order valence-corrected chi connectivity index (χ1v) is 7.41. The van der Waals surface area contributed by atoms with Gasteiger partial charge in [-0.1, -0.05) is 38.2 Å². The normalized spacial score (nSPS) is 10.6. The van der Waals surface area contributed by atoms with E-state index in [0.29, 0.717) is 6.42 Å². The van der Waals surface area contributed by atoms with Crippen molar-refractivity contribution < 1.29 is 9.90 Å². The molecule has 0 unspecified atom stereocenters. The number of carboxylic acids is 1. The first-order valence-electron chi connectivity index (χ1n) is 6.53. The van der Waals surface area contributed by atoms with Crippen LogP contribution in [0.5, 0.6) is 0 Å². The average Bonchev–Trinajstić information content (AvgIpc) is 2.79. The Balaban J connectivity index is 1.80. The Labute approximate surface area is 108 Å². The van der Waals surface area contributed by atoms with Gasteiger partial charge in [0.1, 0.15) is 0 Å². The molecule has 0 aliphatic carbocycles. The summed E-state index contributed by atoms with van der Waals surface area (Å²) in [6.45, 7) is 0. The third kappa shape index (κ3) is 7.97. The van der Waals surface area contributed by atoms with E-state index < -0.39 is 5.97 Å². The van der Waals surface area contributed by atoms with Gasteiger partial charge in [-0.3, -0.25) is 4.79 Å². The molecular weight excluding hydrogens is 232 g/mol. The zero-order chi connectivity index (χ0) is 12.3. The first kappa shape index (κ1) is 14.2. The summed E-state index contributed by atoms with van der Waals surface area (Å²) in [5.41, 5.74) is 0. The maximum atomic E-state index is 10.3. The monoisotopic (exact) mass is 254 g/mol. The second-order valence-corrected chi connectivity index (χ2v) is 5.48. The van der Waals surface area contributed by atoms with E-state index in [2.05, 4.69) is 17.5 Å². The lowest BCUT2D eigenvalue weighted by atomic mass is 10.1. The minimum absolute atomic E-state index is 0.332. The van der Waals surface area contributed by atoms with Crippen LogP contribution in [0.2, 0.25) is 0 Å². The number of carbonyl (C=O) groups is 1. The minimum Gasteiger partial charge on any atom is -0.481 e. The lowest BCUT2D eigenvalue weighted by Gasteiger charge is -2.00. The summed E-state index contributed by atoms with van der Waals surface area (Å²) in [6, 6.07) is 4.32. The Morgan fingerprint density at radius 3 is 2.29 bits per heavy atom. The van der Waals surface area contributed by atoms with Crippen LogP contribution in [0.15, 0.2) is 17.5 Å². The topological polar surface area (TPSA) is 37.3 Å². The molecule has 3 heteroatoms. The van der Waals surface area contributed by atoms with Crippen LogP contribution in [0.1, 0.15) is 56.2 Å². The predicted molar refractivity (Wildman–Crippen MR) is 72.6 cm³/mol. The Morgan fingerprint density at radius 2 is 1.71 bits per heavy atom. The van der Waals surface area contributed by atoms with Crippen molar-refractivity contribution in [2.75, 3.05) is 0 Å². The van der Waals surface area contributed by atoms with Crippen LogP contribution >= 0.6 is 11.3 Å². The molecule has 0 saturated heterocycles. The van der Waals surface area contributed by atoms with Crippen molar-refractivity contribution >= 4 is 17.3 Å². The first-order chi connectivity index (χ1) is 8.29. The van der Waals surface area contributed by atoms with E-state index in [1.807, 2.05) is 11.3 Å². The van der Waals surface area contributed by atoms with Gasteiger partial charge in [-0.05, 0) is 30.7 Å². The number of rotatable bonds is 10. The van der Waals surface area contributed by atoms with Gasteiger partial charge in [0, 0.05) is 11.3 Å². The SMILES string of the molecule is O=C(O)CCCCCCCCCc1cccs1. The summed E-state index contributed by atoms with van der Waals surface area (Å²) in [5, 5.41) is 10.6. The maximum Gasteiger partial charge on any atom is 0.303 e. The summed E-state index contributed by atoms with van der Waals surface area (Å²) >= 11 is 1.84. The lowest BCUT2D eigenvalue weighted by molar-refractivity contribution is -0.137. The van der Waals surface area contributed by atoms with Gasteiger partial charge in [0.05, 0.1) is 0 Å². The molecule has 1 heterocycles. The predicted octanol–water partition coefficient (Wildman–Crippen LogP) is 4.50. The highest BCUT2D eigenvalue weighted by Crippen LogP contribution is 2.14. The molecule has 1 N–H and O–H groups in total. The van der Waals surface area contributed by atoms with E-state index in [1.165, 1.54) is 43.4 Å². The van der Waals surface area contributed by atoms with E-state index >= 15 is 0 Å². The van der Waals surface area contributed by atoms with Gasteiger partial charge in [-0.15, -0.1) is 11.3 Å². The molecule has 2 nitrogen and oxygen atoms in total. The highest BCUT2D eigenvalue weighted by atomic mass is 32.1. The van der Waals surface area contributed by atoms with Crippen LogP contribution in [0.3, 0.4) is 0 Å². The molecule has 0 aliphatic rings. The largest absolute Gasteiger partial charge is 0.481 e. The molecular formula is C14H22O2S. The molecule has 1 aromatic heterocycles. The summed E-state index contributed by atoms with van der Waals surface area (Å²) in [7, 11) is 0. The zero-order valence-electron chi connectivity index (χ0n) is 10.4. The second-order valence-electron chi connectivity index (χ2n) is 4.45. The third-order valence-corrected chi connectivity index (χ3v) is 3.83.